The lowest BCUT2D eigenvalue weighted by Gasteiger charge is -2.13. The fourth-order valence-corrected chi connectivity index (χ4v) is 1.92. The van der Waals surface area contributed by atoms with Crippen LogP contribution in [-0.2, 0) is 9.53 Å². The number of rotatable bonds is 3. The molecule has 0 fully saturated rings. The quantitative estimate of drug-likeness (QED) is 0.629. The van der Waals surface area contributed by atoms with E-state index in [9.17, 15) is 4.79 Å². The summed E-state index contributed by atoms with van der Waals surface area (Å²) in [6.45, 7) is 0.651. The zero-order valence-corrected chi connectivity index (χ0v) is 10.7. The van der Waals surface area contributed by atoms with Crippen molar-refractivity contribution in [3.63, 3.8) is 0 Å². The van der Waals surface area contributed by atoms with Gasteiger partial charge in [0.1, 0.15) is 5.75 Å². The van der Waals surface area contributed by atoms with Crippen LogP contribution < -0.4 is 4.74 Å². The van der Waals surface area contributed by atoms with Crippen molar-refractivity contribution in [1.29, 1.82) is 0 Å². The van der Waals surface area contributed by atoms with Gasteiger partial charge < -0.3 is 9.47 Å². The molecule has 1 aliphatic heterocycles. The molecule has 0 spiro atoms. The number of benzene rings is 1. The molecule has 0 atom stereocenters. The predicted molar refractivity (Wildman–Crippen MR) is 70.3 cm³/mol. The standard InChI is InChI=1S/C14H13N3O3/c18-14(11-3-2-8-19-10-11)20-13-5-1-4-12(9-13)17-7-6-15-16-17/h1,4-7,9-10H,2-3,8H2. The van der Waals surface area contributed by atoms with E-state index in [0.717, 1.165) is 12.1 Å². The highest BCUT2D eigenvalue weighted by Gasteiger charge is 2.15. The molecule has 0 radical (unpaired) electrons. The third-order valence-electron chi connectivity index (χ3n) is 2.91. The molecule has 20 heavy (non-hydrogen) atoms. The first-order chi connectivity index (χ1) is 9.83. The Bertz CT molecular complexity index is 635. The molecule has 1 aromatic heterocycles. The van der Waals surface area contributed by atoms with Crippen molar-refractivity contribution in [2.75, 3.05) is 6.61 Å². The smallest absolute Gasteiger partial charge is 0.342 e. The predicted octanol–water partition coefficient (Wildman–Crippen LogP) is 1.87. The van der Waals surface area contributed by atoms with Crippen LogP contribution in [0.15, 0.2) is 48.5 Å². The molecule has 3 rings (SSSR count). The van der Waals surface area contributed by atoms with E-state index >= 15 is 0 Å². The van der Waals surface area contributed by atoms with Crippen LogP contribution in [0.2, 0.25) is 0 Å². The number of carbonyl (C=O) groups is 1. The number of aromatic nitrogens is 3. The maximum absolute atomic E-state index is 12.0. The van der Waals surface area contributed by atoms with Crippen molar-refractivity contribution in [3.8, 4) is 11.4 Å². The minimum atomic E-state index is -0.375. The number of carbonyl (C=O) groups excluding carboxylic acids is 1. The van der Waals surface area contributed by atoms with Gasteiger partial charge in [0.2, 0.25) is 0 Å². The molecule has 0 saturated carbocycles. The van der Waals surface area contributed by atoms with Gasteiger partial charge in [-0.05, 0) is 25.0 Å². The molecule has 0 N–H and O–H groups in total. The van der Waals surface area contributed by atoms with Gasteiger partial charge in [-0.3, -0.25) is 0 Å². The van der Waals surface area contributed by atoms with Gasteiger partial charge in [-0.15, -0.1) is 5.10 Å². The van der Waals surface area contributed by atoms with Crippen LogP contribution in [0.1, 0.15) is 12.8 Å². The van der Waals surface area contributed by atoms with Crippen LogP contribution >= 0.6 is 0 Å². The van der Waals surface area contributed by atoms with E-state index in [4.69, 9.17) is 9.47 Å². The number of hydrogen-bond donors (Lipinski definition) is 0. The van der Waals surface area contributed by atoms with E-state index in [-0.39, 0.29) is 5.97 Å². The Labute approximate surface area is 115 Å². The summed E-state index contributed by atoms with van der Waals surface area (Å²) < 4.78 is 12.1. The van der Waals surface area contributed by atoms with E-state index < -0.39 is 0 Å². The molecule has 2 heterocycles. The fourth-order valence-electron chi connectivity index (χ4n) is 1.92. The van der Waals surface area contributed by atoms with E-state index in [2.05, 4.69) is 10.3 Å². The summed E-state index contributed by atoms with van der Waals surface area (Å²) >= 11 is 0. The van der Waals surface area contributed by atoms with Crippen LogP contribution in [0.4, 0.5) is 0 Å². The Kier molecular flexibility index (Phi) is 3.45. The second kappa shape index (κ2) is 5.56. The molecule has 1 aliphatic rings. The largest absolute Gasteiger partial charge is 0.501 e. The third kappa shape index (κ3) is 2.69. The number of nitrogens with zero attached hydrogens (tertiary/aromatic N) is 3. The average molecular weight is 271 g/mol. The highest BCUT2D eigenvalue weighted by molar-refractivity contribution is 5.90. The number of esters is 1. The number of hydrogen-bond acceptors (Lipinski definition) is 5. The Balaban J connectivity index is 1.76. The average Bonchev–Trinajstić information content (AvgIpc) is 3.03. The van der Waals surface area contributed by atoms with Gasteiger partial charge in [-0.2, -0.15) is 0 Å². The summed E-state index contributed by atoms with van der Waals surface area (Å²) in [4.78, 5) is 12.0. The normalized spacial score (nSPS) is 14.3. The SMILES string of the molecule is O=C(Oc1cccc(-n2ccnn2)c1)C1=COCCC1. The molecule has 0 bridgehead atoms. The first kappa shape index (κ1) is 12.4. The summed E-state index contributed by atoms with van der Waals surface area (Å²) in [5.74, 6) is 0.0925. The van der Waals surface area contributed by atoms with Crippen LogP contribution in [0.25, 0.3) is 5.69 Å². The molecule has 102 valence electrons. The summed E-state index contributed by atoms with van der Waals surface area (Å²) in [6, 6.07) is 7.11. The van der Waals surface area contributed by atoms with Gasteiger partial charge in [0.15, 0.2) is 0 Å². The second-order valence-corrected chi connectivity index (χ2v) is 4.35. The van der Waals surface area contributed by atoms with Gasteiger partial charge in [-0.1, -0.05) is 11.3 Å². The summed E-state index contributed by atoms with van der Waals surface area (Å²) in [6.07, 6.45) is 6.30. The number of ether oxygens (including phenoxy) is 2. The Morgan fingerprint density at radius 3 is 3.10 bits per heavy atom. The Morgan fingerprint density at radius 1 is 1.40 bits per heavy atom. The van der Waals surface area contributed by atoms with E-state index in [1.165, 1.54) is 6.26 Å². The summed E-state index contributed by atoms with van der Waals surface area (Å²) in [7, 11) is 0. The lowest BCUT2D eigenvalue weighted by Crippen LogP contribution is -2.15. The monoisotopic (exact) mass is 271 g/mol. The van der Waals surface area contributed by atoms with Crippen LogP contribution in [0.3, 0.4) is 0 Å². The fraction of sp³-hybridized carbons (Fsp3) is 0.214. The van der Waals surface area contributed by atoms with Crippen molar-refractivity contribution in [3.05, 3.63) is 48.5 Å². The lowest BCUT2D eigenvalue weighted by molar-refractivity contribution is -0.130. The lowest BCUT2D eigenvalue weighted by atomic mass is 10.1. The highest BCUT2D eigenvalue weighted by Crippen LogP contribution is 2.19. The maximum atomic E-state index is 12.0. The van der Waals surface area contributed by atoms with Crippen molar-refractivity contribution in [2.24, 2.45) is 0 Å². The zero-order chi connectivity index (χ0) is 13.8. The molecule has 2 aromatic rings. The summed E-state index contributed by atoms with van der Waals surface area (Å²) in [5, 5.41) is 7.63. The van der Waals surface area contributed by atoms with E-state index in [0.29, 0.717) is 24.4 Å². The van der Waals surface area contributed by atoms with Crippen LogP contribution in [0, 0.1) is 0 Å². The molecule has 6 nitrogen and oxygen atoms in total. The maximum Gasteiger partial charge on any atom is 0.342 e. The molecular formula is C14H13N3O3. The Hall–Kier alpha value is -2.63. The van der Waals surface area contributed by atoms with Gasteiger partial charge in [0.25, 0.3) is 0 Å². The molecule has 0 saturated heterocycles. The second-order valence-electron chi connectivity index (χ2n) is 4.35. The molecule has 0 amide bonds. The highest BCUT2D eigenvalue weighted by atomic mass is 16.5. The minimum absolute atomic E-state index is 0.375. The van der Waals surface area contributed by atoms with E-state index in [1.54, 1.807) is 35.3 Å². The van der Waals surface area contributed by atoms with Crippen molar-refractivity contribution in [1.82, 2.24) is 15.0 Å². The molecule has 1 aromatic carbocycles. The molecular weight excluding hydrogens is 258 g/mol. The van der Waals surface area contributed by atoms with Crippen molar-refractivity contribution < 1.29 is 14.3 Å². The molecule has 0 aliphatic carbocycles. The van der Waals surface area contributed by atoms with Crippen LogP contribution in [-0.4, -0.2) is 27.6 Å². The van der Waals surface area contributed by atoms with Gasteiger partial charge in [0.05, 0.1) is 36.5 Å². The van der Waals surface area contributed by atoms with Gasteiger partial charge in [-0.25, -0.2) is 9.48 Å². The van der Waals surface area contributed by atoms with Crippen molar-refractivity contribution >= 4 is 5.97 Å². The third-order valence-corrected chi connectivity index (χ3v) is 2.91. The van der Waals surface area contributed by atoms with Crippen LogP contribution in [0.5, 0.6) is 5.75 Å². The molecule has 6 heteroatoms. The first-order valence-corrected chi connectivity index (χ1v) is 6.32. The molecule has 0 unspecified atom stereocenters. The van der Waals surface area contributed by atoms with Crippen molar-refractivity contribution in [2.45, 2.75) is 12.8 Å². The van der Waals surface area contributed by atoms with E-state index in [1.807, 2.05) is 6.07 Å². The van der Waals surface area contributed by atoms with Gasteiger partial charge >= 0.3 is 5.97 Å². The first-order valence-electron chi connectivity index (χ1n) is 6.32. The Morgan fingerprint density at radius 2 is 2.35 bits per heavy atom. The van der Waals surface area contributed by atoms with Gasteiger partial charge in [0, 0.05) is 6.07 Å². The summed E-state index contributed by atoms with van der Waals surface area (Å²) in [5.41, 5.74) is 1.34. The topological polar surface area (TPSA) is 66.2 Å². The zero-order valence-electron chi connectivity index (χ0n) is 10.7. The minimum Gasteiger partial charge on any atom is -0.501 e.